The highest BCUT2D eigenvalue weighted by Crippen LogP contribution is 2.65. The van der Waals surface area contributed by atoms with E-state index in [4.69, 9.17) is 5.73 Å². The Hall–Kier alpha value is -3.04. The Kier molecular flexibility index (Phi) is 11.1. The van der Waals surface area contributed by atoms with Gasteiger partial charge in [-0.05, 0) is 64.7 Å². The molecule has 3 saturated carbocycles. The Morgan fingerprint density at radius 3 is 2.24 bits per heavy atom. The number of likely N-dealkylation sites (N-methyl/N-ethyl adjacent to an activating group) is 1. The first-order valence-corrected chi connectivity index (χ1v) is 20.5. The van der Waals surface area contributed by atoms with Crippen LogP contribution in [0.3, 0.4) is 0 Å². The topological polar surface area (TPSA) is 188 Å². The molecule has 5 N–H and O–H groups in total. The number of ketones is 1. The Bertz CT molecular complexity index is 1610. The minimum atomic E-state index is -3.77. The smallest absolute Gasteiger partial charge is 0.315 e. The summed E-state index contributed by atoms with van der Waals surface area (Å²) in [6.07, 6.45) is 6.35. The zero-order valence-electron chi connectivity index (χ0n) is 31.0. The lowest BCUT2D eigenvalue weighted by Gasteiger charge is -2.43. The fourth-order valence-corrected chi connectivity index (χ4v) is 10.7. The van der Waals surface area contributed by atoms with Gasteiger partial charge in [-0.1, -0.05) is 79.7 Å². The summed E-state index contributed by atoms with van der Waals surface area (Å²) in [4.78, 5) is 69.0. The van der Waals surface area contributed by atoms with E-state index in [1.165, 1.54) is 11.4 Å². The third-order valence-electron chi connectivity index (χ3n) is 12.1. The zero-order valence-corrected chi connectivity index (χ0v) is 32.6. The number of amides is 5. The molecule has 0 radical (unpaired) electrons. The number of nitrogens with zero attached hydrogens (tertiary/aromatic N) is 2. The van der Waals surface area contributed by atoms with Gasteiger partial charge < -0.3 is 26.6 Å². The summed E-state index contributed by atoms with van der Waals surface area (Å²) in [5.74, 6) is -2.64. The van der Waals surface area contributed by atoms with E-state index in [1.807, 2.05) is 27.7 Å². The van der Waals surface area contributed by atoms with Crippen LogP contribution in [0.1, 0.15) is 92.9 Å². The van der Waals surface area contributed by atoms with Gasteiger partial charge in [-0.3, -0.25) is 19.2 Å². The molecular formula is C36H56N6O7S2. The molecule has 15 heteroatoms. The van der Waals surface area contributed by atoms with Crippen molar-refractivity contribution in [1.29, 1.82) is 0 Å². The van der Waals surface area contributed by atoms with Gasteiger partial charge in [0.2, 0.25) is 17.6 Å². The fraction of sp³-hybridized carbons (Fsp3) is 0.750. The average Bonchev–Trinajstić information content (AvgIpc) is 3.73. The average molecular weight is 749 g/mol. The molecule has 284 valence electrons. The van der Waals surface area contributed by atoms with Crippen LogP contribution in [0.4, 0.5) is 4.79 Å². The fourth-order valence-electron chi connectivity index (χ4n) is 8.29. The van der Waals surface area contributed by atoms with E-state index < -0.39 is 68.6 Å². The van der Waals surface area contributed by atoms with E-state index in [9.17, 15) is 32.4 Å². The molecule has 0 bridgehead atoms. The predicted molar refractivity (Wildman–Crippen MR) is 194 cm³/mol. The Labute approximate surface area is 306 Å². The molecule has 4 fully saturated rings. The maximum Gasteiger partial charge on any atom is 0.315 e. The van der Waals surface area contributed by atoms with Crippen LogP contribution in [0.2, 0.25) is 0 Å². The summed E-state index contributed by atoms with van der Waals surface area (Å²) in [6, 6.07) is -0.875. The van der Waals surface area contributed by atoms with Gasteiger partial charge in [-0.15, -0.1) is 11.3 Å². The number of nitrogens with two attached hydrogens (primary N) is 1. The number of primary amides is 1. The van der Waals surface area contributed by atoms with Crippen molar-refractivity contribution in [2.75, 3.05) is 20.1 Å². The summed E-state index contributed by atoms with van der Waals surface area (Å²) in [5.41, 5.74) is 4.00. The molecule has 2 heterocycles. The minimum Gasteiger partial charge on any atom is -0.363 e. The number of nitrogens with one attached hydrogen (secondary N) is 3. The van der Waals surface area contributed by atoms with Gasteiger partial charge in [0.15, 0.2) is 0 Å². The predicted octanol–water partition coefficient (Wildman–Crippen LogP) is 3.24. The number of fused-ring (bicyclic) bond motifs is 1. The molecule has 6 atom stereocenters. The molecule has 5 rings (SSSR count). The van der Waals surface area contributed by atoms with E-state index in [1.54, 1.807) is 22.4 Å². The maximum absolute atomic E-state index is 14.8. The standard InChI is InChI=1S/C36H56N6O7S2/c1-34(2,3)24(20-41(7)51(48,49)25-12-11-17-50-25)39-33(47)40-29(36(6)15-9-8-10-16-36)32(46)42-19-22-26(35(22,4)5)27(42)31(45)38-23(18-21-13-14-21)28(43)30(37)44/h11-12,17,21-24,26-27,29H,8-10,13-16,18-20H2,1-7H3,(H2,37,44)(H,38,45)(H2,39,40,47)/t22-,23?,24+,26-,27-,29+/m0/s1. The number of hydrogen-bond acceptors (Lipinski definition) is 8. The first-order valence-electron chi connectivity index (χ1n) is 18.2. The number of urea groups is 1. The molecule has 4 aliphatic rings. The van der Waals surface area contributed by atoms with Crippen molar-refractivity contribution in [3.8, 4) is 0 Å². The van der Waals surface area contributed by atoms with Crippen LogP contribution >= 0.6 is 11.3 Å². The number of rotatable bonds is 14. The lowest BCUT2D eigenvalue weighted by atomic mass is 9.70. The molecule has 3 aliphatic carbocycles. The van der Waals surface area contributed by atoms with Gasteiger partial charge in [0.1, 0.15) is 16.3 Å². The molecule has 1 unspecified atom stereocenters. The number of piperidine rings is 1. The van der Waals surface area contributed by atoms with Crippen LogP contribution < -0.4 is 21.7 Å². The molecule has 1 aromatic heterocycles. The summed E-state index contributed by atoms with van der Waals surface area (Å²) in [7, 11) is -2.29. The molecule has 13 nitrogen and oxygen atoms in total. The lowest BCUT2D eigenvalue weighted by molar-refractivity contribution is -0.145. The van der Waals surface area contributed by atoms with E-state index >= 15 is 0 Å². The van der Waals surface area contributed by atoms with Crippen LogP contribution in [-0.4, -0.2) is 91.5 Å². The second-order valence-electron chi connectivity index (χ2n) is 17.3. The number of thiophene rings is 1. The molecule has 1 saturated heterocycles. The van der Waals surface area contributed by atoms with Gasteiger partial charge in [0.05, 0.1) is 6.04 Å². The highest BCUT2D eigenvalue weighted by Gasteiger charge is 2.70. The number of likely N-dealkylation sites (tertiary alicyclic amines) is 1. The van der Waals surface area contributed by atoms with Crippen LogP contribution in [0.25, 0.3) is 0 Å². The number of Topliss-reactive ketones (excluding diaryl/α,β-unsaturated/α-hetero) is 1. The van der Waals surface area contributed by atoms with Crippen LogP contribution in [0.15, 0.2) is 21.7 Å². The molecule has 5 amide bonds. The molecule has 1 aromatic rings. The summed E-state index contributed by atoms with van der Waals surface area (Å²) < 4.78 is 27.9. The Balaban J connectivity index is 1.38. The van der Waals surface area contributed by atoms with Crippen molar-refractivity contribution in [2.45, 2.75) is 121 Å². The Morgan fingerprint density at radius 1 is 1.04 bits per heavy atom. The van der Waals surface area contributed by atoms with Crippen molar-refractivity contribution in [1.82, 2.24) is 25.2 Å². The zero-order chi connectivity index (χ0) is 37.7. The third kappa shape index (κ3) is 8.30. The first-order chi connectivity index (χ1) is 23.7. The van der Waals surface area contributed by atoms with Crippen molar-refractivity contribution < 1.29 is 32.4 Å². The van der Waals surface area contributed by atoms with Crippen molar-refractivity contribution in [3.63, 3.8) is 0 Å². The van der Waals surface area contributed by atoms with Crippen LogP contribution in [-0.2, 0) is 29.2 Å². The maximum atomic E-state index is 14.8. The minimum absolute atomic E-state index is 0.00585. The first kappa shape index (κ1) is 39.2. The molecular weight excluding hydrogens is 693 g/mol. The molecule has 0 spiro atoms. The van der Waals surface area contributed by atoms with E-state index in [2.05, 4.69) is 29.8 Å². The molecule has 51 heavy (non-hydrogen) atoms. The number of carbonyl (C=O) groups excluding carboxylic acids is 5. The highest BCUT2D eigenvalue weighted by atomic mass is 32.2. The van der Waals surface area contributed by atoms with Crippen LogP contribution in [0.5, 0.6) is 0 Å². The summed E-state index contributed by atoms with van der Waals surface area (Å²) in [6.45, 7) is 12.2. The largest absolute Gasteiger partial charge is 0.363 e. The lowest BCUT2D eigenvalue weighted by Crippen LogP contribution is -2.63. The molecule has 1 aliphatic heterocycles. The number of carbonyl (C=O) groups is 5. The van der Waals surface area contributed by atoms with E-state index in [0.717, 1.165) is 43.4 Å². The van der Waals surface area contributed by atoms with E-state index in [0.29, 0.717) is 25.8 Å². The summed E-state index contributed by atoms with van der Waals surface area (Å²) in [5, 5.41) is 10.5. The van der Waals surface area contributed by atoms with Gasteiger partial charge in [-0.2, -0.15) is 4.31 Å². The van der Waals surface area contributed by atoms with Crippen LogP contribution in [0, 0.1) is 34.0 Å². The molecule has 0 aromatic carbocycles. The van der Waals surface area contributed by atoms with Crippen molar-refractivity contribution in [2.24, 2.45) is 39.7 Å². The van der Waals surface area contributed by atoms with Crippen molar-refractivity contribution in [3.05, 3.63) is 17.5 Å². The van der Waals surface area contributed by atoms with Gasteiger partial charge in [-0.25, -0.2) is 13.2 Å². The monoisotopic (exact) mass is 748 g/mol. The number of hydrogen-bond donors (Lipinski definition) is 4. The quantitative estimate of drug-likeness (QED) is 0.210. The van der Waals surface area contributed by atoms with Gasteiger partial charge in [0.25, 0.3) is 15.9 Å². The van der Waals surface area contributed by atoms with Gasteiger partial charge >= 0.3 is 6.03 Å². The van der Waals surface area contributed by atoms with Crippen molar-refractivity contribution >= 4 is 50.9 Å². The van der Waals surface area contributed by atoms with E-state index in [-0.39, 0.29) is 39.8 Å². The number of sulfonamides is 1. The Morgan fingerprint density at radius 2 is 1.69 bits per heavy atom. The normalized spacial score (nSPS) is 25.6. The SMILES string of the molecule is CN(C[C@@H](NC(=O)N[C@H](C(=O)N1C[C@H]2[C@@H]([C@H]1C(=O)NC(CC1CC1)C(=O)C(N)=O)C2(C)C)C1(C)CCCCC1)C(C)(C)C)S(=O)(=O)c1cccs1. The third-order valence-corrected chi connectivity index (χ3v) is 15.3. The van der Waals surface area contributed by atoms with Gasteiger partial charge in [0, 0.05) is 26.2 Å². The second-order valence-corrected chi connectivity index (χ2v) is 20.5. The summed E-state index contributed by atoms with van der Waals surface area (Å²) >= 11 is 1.12. The second kappa shape index (κ2) is 14.4. The highest BCUT2D eigenvalue weighted by molar-refractivity contribution is 7.91.